The van der Waals surface area contributed by atoms with Crippen molar-refractivity contribution < 1.29 is 62.7 Å². The lowest BCUT2D eigenvalue weighted by Gasteiger charge is -2.11. The van der Waals surface area contributed by atoms with Crippen molar-refractivity contribution in [1.29, 1.82) is 0 Å². The Bertz CT molecular complexity index is 3350. The normalized spacial score (nSPS) is 11.7. The number of sulfone groups is 2. The summed E-state index contributed by atoms with van der Waals surface area (Å²) in [5, 5.41) is 25.3. The van der Waals surface area contributed by atoms with Gasteiger partial charge in [-0.05, 0) is 114 Å². The van der Waals surface area contributed by atoms with E-state index in [0.717, 1.165) is 49.6 Å². The van der Waals surface area contributed by atoms with Gasteiger partial charge in [0.1, 0.15) is 24.7 Å². The molecule has 0 saturated heterocycles. The topological polar surface area (TPSA) is 163 Å². The Labute approximate surface area is 428 Å². The predicted molar refractivity (Wildman–Crippen MR) is 264 cm³/mol. The number of para-hydroxylation sites is 2. The fraction of sp³-hybridized carbons (Fsp3) is 0.125. The van der Waals surface area contributed by atoms with Gasteiger partial charge in [0.05, 0.1) is 42.6 Å². The molecule has 8 aromatic rings. The highest BCUT2D eigenvalue weighted by atomic mass is 79.9. The van der Waals surface area contributed by atoms with E-state index in [1.807, 2.05) is 0 Å². The Hall–Kier alpha value is -6.14. The molecule has 0 fully saturated rings. The highest BCUT2D eigenvalue weighted by molar-refractivity contribution is 9.10. The van der Waals surface area contributed by atoms with Crippen LogP contribution >= 0.6 is 39.1 Å². The number of aromatic nitrogens is 4. The largest absolute Gasteiger partial charge is 0.488 e. The Morgan fingerprint density at radius 3 is 1.25 bits per heavy atom. The summed E-state index contributed by atoms with van der Waals surface area (Å²) in [6.45, 7) is -0.257. The minimum absolute atomic E-state index is 0.0874. The van der Waals surface area contributed by atoms with E-state index in [1.165, 1.54) is 36.4 Å². The minimum Gasteiger partial charge on any atom is -0.487 e. The van der Waals surface area contributed by atoms with Gasteiger partial charge in [-0.1, -0.05) is 99.8 Å². The van der Waals surface area contributed by atoms with E-state index < -0.39 is 50.5 Å². The molecule has 0 spiro atoms. The summed E-state index contributed by atoms with van der Waals surface area (Å²) < 4.78 is 139. The molecular formula is C48H38BBrCl2F6N4O8S2. The molecule has 0 aliphatic heterocycles. The van der Waals surface area contributed by atoms with Crippen LogP contribution in [0.5, 0.6) is 11.5 Å². The molecule has 6 aromatic carbocycles. The number of benzene rings is 6. The Morgan fingerprint density at radius 1 is 0.556 bits per heavy atom. The van der Waals surface area contributed by atoms with E-state index in [4.69, 9.17) is 42.7 Å². The van der Waals surface area contributed by atoms with Crippen molar-refractivity contribution in [2.24, 2.45) is 0 Å². The standard InChI is InChI=1S/C24H18ClF3N2O3S.C17H11BrClF3N2O.C7H9BO4S/c1-34(31,32)20-12-8-17(9-13-20)16-6-10-19(11-7-16)33-15-18-14-23(24(26,27)28)29-30(18)22-5-3-2-4-21(22)25;18-11-5-7-13(8-6-11)25-10-12-9-16(17(20,21)22)23-24(12)15-4-2-1-3-14(15)19;1-13(11,12)7-4-2-6(3-5-7)8(9)10/h2-14H,15H2,1H3;1-9H,10H2;2-5,9-10H,1H3. The second-order valence-corrected chi connectivity index (χ2v) is 21.1. The van der Waals surface area contributed by atoms with Crippen molar-refractivity contribution >= 4 is 71.4 Å². The highest BCUT2D eigenvalue weighted by Crippen LogP contribution is 2.33. The number of nitrogens with zero attached hydrogens (tertiary/aromatic N) is 4. The minimum atomic E-state index is -4.62. The van der Waals surface area contributed by atoms with Gasteiger partial charge in [0.15, 0.2) is 31.1 Å². The molecule has 8 rings (SSSR count). The van der Waals surface area contributed by atoms with Crippen molar-refractivity contribution in [2.75, 3.05) is 12.5 Å². The third kappa shape index (κ3) is 15.0. The average molecular weight is 1140 g/mol. The molecule has 0 saturated carbocycles. The second kappa shape index (κ2) is 23.2. The quantitative estimate of drug-likeness (QED) is 0.0889. The zero-order valence-electron chi connectivity index (χ0n) is 37.4. The smallest absolute Gasteiger partial charge is 0.487 e. The number of hydrogen-bond acceptors (Lipinski definition) is 10. The Balaban J connectivity index is 0.000000195. The number of hydrogen-bond donors (Lipinski definition) is 2. The molecule has 0 bridgehead atoms. The van der Waals surface area contributed by atoms with Gasteiger partial charge >= 0.3 is 19.5 Å². The van der Waals surface area contributed by atoms with E-state index in [9.17, 15) is 43.2 Å². The maximum Gasteiger partial charge on any atom is 0.488 e. The van der Waals surface area contributed by atoms with Crippen LogP contribution in [-0.2, 0) is 45.2 Å². The lowest BCUT2D eigenvalue weighted by atomic mass is 9.81. The molecule has 24 heteroatoms. The molecule has 72 heavy (non-hydrogen) atoms. The van der Waals surface area contributed by atoms with Gasteiger partial charge in [0.25, 0.3) is 0 Å². The fourth-order valence-electron chi connectivity index (χ4n) is 6.36. The van der Waals surface area contributed by atoms with Gasteiger partial charge in [-0.15, -0.1) is 0 Å². The number of alkyl halides is 6. The number of halogens is 9. The van der Waals surface area contributed by atoms with Crippen molar-refractivity contribution in [1.82, 2.24) is 19.6 Å². The zero-order chi connectivity index (χ0) is 52.6. The van der Waals surface area contributed by atoms with Crippen LogP contribution in [0, 0.1) is 0 Å². The van der Waals surface area contributed by atoms with Crippen LogP contribution in [0.2, 0.25) is 10.0 Å². The van der Waals surface area contributed by atoms with Gasteiger partial charge < -0.3 is 19.5 Å². The van der Waals surface area contributed by atoms with Crippen LogP contribution in [0.3, 0.4) is 0 Å². The average Bonchev–Trinajstić information content (AvgIpc) is 3.97. The van der Waals surface area contributed by atoms with E-state index >= 15 is 0 Å². The van der Waals surface area contributed by atoms with Gasteiger partial charge in [-0.2, -0.15) is 36.5 Å². The van der Waals surface area contributed by atoms with Crippen LogP contribution in [0.1, 0.15) is 22.8 Å². The molecule has 0 radical (unpaired) electrons. The molecule has 0 aliphatic rings. The summed E-state index contributed by atoms with van der Waals surface area (Å²) in [5.41, 5.74) is 0.955. The monoisotopic (exact) mass is 1140 g/mol. The first-order valence-corrected chi connectivity index (χ1v) is 26.0. The van der Waals surface area contributed by atoms with Gasteiger partial charge in [0, 0.05) is 17.0 Å². The molecule has 0 atom stereocenters. The van der Waals surface area contributed by atoms with Gasteiger partial charge in [0.2, 0.25) is 0 Å². The van der Waals surface area contributed by atoms with Crippen molar-refractivity contribution in [3.63, 3.8) is 0 Å². The summed E-state index contributed by atoms with van der Waals surface area (Å²) in [4.78, 5) is 0.390. The first kappa shape index (κ1) is 55.2. The fourth-order valence-corrected chi connectivity index (χ4v) is 8.31. The van der Waals surface area contributed by atoms with Crippen molar-refractivity contribution in [3.05, 3.63) is 195 Å². The number of rotatable bonds is 12. The molecule has 2 aromatic heterocycles. The summed E-state index contributed by atoms with van der Waals surface area (Å²) in [5.74, 6) is 0.973. The predicted octanol–water partition coefficient (Wildman–Crippen LogP) is 10.8. The van der Waals surface area contributed by atoms with E-state index in [-0.39, 0.29) is 44.9 Å². The highest BCUT2D eigenvalue weighted by Gasteiger charge is 2.36. The molecule has 0 unspecified atom stereocenters. The van der Waals surface area contributed by atoms with Crippen LogP contribution in [0.15, 0.2) is 172 Å². The summed E-state index contributed by atoms with van der Waals surface area (Å²) in [6, 6.07) is 40.7. The van der Waals surface area contributed by atoms with Gasteiger partial charge in [-0.25, -0.2) is 26.2 Å². The number of ether oxygens (including phenoxy) is 2. The maximum absolute atomic E-state index is 13.3. The molecule has 2 N–H and O–H groups in total. The van der Waals surface area contributed by atoms with Crippen LogP contribution in [-0.4, -0.2) is 66.1 Å². The Kier molecular flexibility index (Phi) is 17.8. The van der Waals surface area contributed by atoms with Crippen LogP contribution < -0.4 is 14.9 Å². The molecular weight excluding hydrogens is 1100 g/mol. The van der Waals surface area contributed by atoms with Crippen LogP contribution in [0.4, 0.5) is 26.3 Å². The molecule has 2 heterocycles. The van der Waals surface area contributed by atoms with E-state index in [1.54, 1.807) is 109 Å². The summed E-state index contributed by atoms with van der Waals surface area (Å²) >= 11 is 15.6. The third-order valence-corrected chi connectivity index (χ3v) is 13.4. The second-order valence-electron chi connectivity index (χ2n) is 15.3. The Morgan fingerprint density at radius 2 is 0.903 bits per heavy atom. The van der Waals surface area contributed by atoms with Crippen LogP contribution in [0.25, 0.3) is 22.5 Å². The zero-order valence-corrected chi connectivity index (χ0v) is 42.1. The van der Waals surface area contributed by atoms with Gasteiger partial charge in [-0.3, -0.25) is 0 Å². The molecule has 376 valence electrons. The van der Waals surface area contributed by atoms with Crippen molar-refractivity contribution in [2.45, 2.75) is 35.4 Å². The van der Waals surface area contributed by atoms with E-state index in [2.05, 4.69) is 26.1 Å². The lowest BCUT2D eigenvalue weighted by Crippen LogP contribution is -2.29. The summed E-state index contributed by atoms with van der Waals surface area (Å²) in [6.07, 6.45) is -6.94. The molecule has 12 nitrogen and oxygen atoms in total. The first-order chi connectivity index (χ1) is 33.8. The van der Waals surface area contributed by atoms with Crippen molar-refractivity contribution in [3.8, 4) is 34.0 Å². The summed E-state index contributed by atoms with van der Waals surface area (Å²) in [7, 11) is -8.05. The molecule has 0 aliphatic carbocycles. The maximum atomic E-state index is 13.3. The SMILES string of the molecule is CS(=O)(=O)c1ccc(-c2ccc(OCc3cc(C(F)(F)F)nn3-c3ccccc3Cl)cc2)cc1.CS(=O)(=O)c1ccc(B(O)O)cc1.FC(F)(F)c1cc(COc2ccc(Br)cc2)n(-c2ccccc2Cl)n1. The molecule has 0 amide bonds. The lowest BCUT2D eigenvalue weighted by molar-refractivity contribution is -0.142. The third-order valence-electron chi connectivity index (χ3n) is 9.97. The van der Waals surface area contributed by atoms with E-state index in [0.29, 0.717) is 27.9 Å². The first-order valence-electron chi connectivity index (χ1n) is 20.7.